The summed E-state index contributed by atoms with van der Waals surface area (Å²) in [5.74, 6) is 0.636. The minimum Gasteiger partial charge on any atom is -0.497 e. The zero-order chi connectivity index (χ0) is 22.5. The molecule has 0 aromatic heterocycles. The summed E-state index contributed by atoms with van der Waals surface area (Å²) in [5.41, 5.74) is 7.77. The lowest BCUT2D eigenvalue weighted by Crippen LogP contribution is -2.59. The Kier molecular flexibility index (Phi) is 7.04. The highest BCUT2D eigenvalue weighted by molar-refractivity contribution is 5.97. The lowest BCUT2D eigenvalue weighted by Gasteiger charge is -2.43. The average Bonchev–Trinajstić information content (AvgIpc) is 2.81. The molecular formula is C24H30N4O4. The van der Waals surface area contributed by atoms with Crippen molar-refractivity contribution in [3.05, 3.63) is 59.7 Å². The highest BCUT2D eigenvalue weighted by Gasteiger charge is 2.32. The van der Waals surface area contributed by atoms with Gasteiger partial charge in [-0.15, -0.1) is 0 Å². The zero-order valence-corrected chi connectivity index (χ0v) is 18.4. The molecule has 2 saturated heterocycles. The van der Waals surface area contributed by atoms with E-state index in [0.29, 0.717) is 31.2 Å². The summed E-state index contributed by atoms with van der Waals surface area (Å²) >= 11 is 0. The number of methoxy groups -OCH3 is 1. The highest BCUT2D eigenvalue weighted by atomic mass is 16.5. The summed E-state index contributed by atoms with van der Waals surface area (Å²) in [6, 6.07) is 15.2. The number of Topliss-reactive ketones (excluding diaryl/α,β-unsaturated/α-hetero) is 1. The third-order valence-corrected chi connectivity index (χ3v) is 6.14. The summed E-state index contributed by atoms with van der Waals surface area (Å²) in [4.78, 5) is 31.5. The molecule has 2 aliphatic heterocycles. The number of carbonyl (C=O) groups excluding carboxylic acids is 2. The Bertz CT molecular complexity index is 920. The number of rotatable bonds is 7. The molecule has 2 N–H and O–H groups in total. The molecular weight excluding hydrogens is 408 g/mol. The third kappa shape index (κ3) is 4.93. The van der Waals surface area contributed by atoms with E-state index in [1.807, 2.05) is 41.3 Å². The largest absolute Gasteiger partial charge is 0.497 e. The minimum absolute atomic E-state index is 0.0191. The molecule has 0 radical (unpaired) electrons. The number of nitrogens with two attached hydrogens (primary N) is 1. The van der Waals surface area contributed by atoms with Gasteiger partial charge in [0, 0.05) is 37.4 Å². The second-order valence-electron chi connectivity index (χ2n) is 8.11. The van der Waals surface area contributed by atoms with Gasteiger partial charge in [-0.25, -0.2) is 4.79 Å². The monoisotopic (exact) mass is 438 g/mol. The van der Waals surface area contributed by atoms with Crippen molar-refractivity contribution in [2.24, 2.45) is 5.73 Å². The minimum atomic E-state index is -0.102. The number of hydrogen-bond acceptors (Lipinski definition) is 6. The number of anilines is 1. The van der Waals surface area contributed by atoms with Crippen molar-refractivity contribution in [1.82, 2.24) is 9.80 Å². The van der Waals surface area contributed by atoms with Crippen molar-refractivity contribution in [3.8, 4) is 5.75 Å². The molecule has 4 rings (SSSR count). The van der Waals surface area contributed by atoms with Crippen molar-refractivity contribution in [1.29, 1.82) is 0 Å². The van der Waals surface area contributed by atoms with Crippen LogP contribution in [0.25, 0.3) is 0 Å². The lowest BCUT2D eigenvalue weighted by atomic mass is 10.1. The van der Waals surface area contributed by atoms with E-state index in [1.54, 1.807) is 24.1 Å². The van der Waals surface area contributed by atoms with E-state index in [9.17, 15) is 9.59 Å². The van der Waals surface area contributed by atoms with E-state index in [1.165, 1.54) is 0 Å². The number of benzene rings is 2. The van der Waals surface area contributed by atoms with Crippen LogP contribution < -0.4 is 15.4 Å². The van der Waals surface area contributed by atoms with Gasteiger partial charge in [0.15, 0.2) is 5.78 Å². The number of carbonyl (C=O) groups is 2. The van der Waals surface area contributed by atoms with Crippen LogP contribution in [0.3, 0.4) is 0 Å². The van der Waals surface area contributed by atoms with Gasteiger partial charge in [0.25, 0.3) is 0 Å². The van der Waals surface area contributed by atoms with Crippen LogP contribution in [0.1, 0.15) is 15.9 Å². The van der Waals surface area contributed by atoms with Gasteiger partial charge < -0.3 is 20.1 Å². The number of amides is 2. The van der Waals surface area contributed by atoms with E-state index in [0.717, 1.165) is 43.3 Å². The van der Waals surface area contributed by atoms with E-state index >= 15 is 0 Å². The molecule has 0 saturated carbocycles. The Morgan fingerprint density at radius 2 is 1.69 bits per heavy atom. The van der Waals surface area contributed by atoms with Crippen LogP contribution in [0.4, 0.5) is 10.5 Å². The molecule has 2 heterocycles. The summed E-state index contributed by atoms with van der Waals surface area (Å²) in [7, 11) is 1.62. The summed E-state index contributed by atoms with van der Waals surface area (Å²) in [6.45, 7) is 5.03. The van der Waals surface area contributed by atoms with Crippen molar-refractivity contribution < 1.29 is 19.1 Å². The number of ether oxygens (including phenoxy) is 2. The molecule has 2 fully saturated rings. The van der Waals surface area contributed by atoms with Crippen molar-refractivity contribution >= 4 is 17.5 Å². The summed E-state index contributed by atoms with van der Waals surface area (Å²) < 4.78 is 10.6. The lowest BCUT2D eigenvalue weighted by molar-refractivity contribution is -0.0738. The molecule has 0 spiro atoms. The quantitative estimate of drug-likeness (QED) is 0.665. The molecule has 0 unspecified atom stereocenters. The van der Waals surface area contributed by atoms with E-state index < -0.39 is 0 Å². The molecule has 2 aliphatic rings. The van der Waals surface area contributed by atoms with Gasteiger partial charge in [-0.1, -0.05) is 24.3 Å². The van der Waals surface area contributed by atoms with E-state index in [-0.39, 0.29) is 18.4 Å². The second kappa shape index (κ2) is 10.1. The first-order valence-corrected chi connectivity index (χ1v) is 10.9. The molecule has 2 amide bonds. The molecule has 0 atom stereocenters. The van der Waals surface area contributed by atoms with Crippen LogP contribution in [0.15, 0.2) is 48.5 Å². The number of piperazine rings is 1. The normalized spacial score (nSPS) is 17.0. The topological polar surface area (TPSA) is 88.3 Å². The Hall–Kier alpha value is -2.94. The van der Waals surface area contributed by atoms with E-state index in [2.05, 4.69) is 4.90 Å². The maximum absolute atomic E-state index is 13.5. The predicted molar refractivity (Wildman–Crippen MR) is 122 cm³/mol. The number of urea groups is 1. The van der Waals surface area contributed by atoms with Crippen molar-refractivity contribution in [3.63, 3.8) is 0 Å². The molecule has 0 aliphatic carbocycles. The molecule has 8 heteroatoms. The fourth-order valence-corrected chi connectivity index (χ4v) is 4.01. The third-order valence-electron chi connectivity index (χ3n) is 6.14. The first-order valence-electron chi connectivity index (χ1n) is 10.9. The van der Waals surface area contributed by atoms with Gasteiger partial charge in [0.1, 0.15) is 5.75 Å². The SMILES string of the molecule is COc1ccc(N(Cc2ccc(C(=O)CN)cc2)C(=O)N2CCN(C3COC3)CC2)cc1. The second-order valence-corrected chi connectivity index (χ2v) is 8.11. The Labute approximate surface area is 188 Å². The predicted octanol–water partition coefficient (Wildman–Crippen LogP) is 1.98. The van der Waals surface area contributed by atoms with Crippen LogP contribution in [0, 0.1) is 0 Å². The smallest absolute Gasteiger partial charge is 0.324 e. The van der Waals surface area contributed by atoms with Crippen LogP contribution in [0.2, 0.25) is 0 Å². The molecule has 8 nitrogen and oxygen atoms in total. The van der Waals surface area contributed by atoms with Gasteiger partial charge in [-0.05, 0) is 29.8 Å². The molecule has 0 bridgehead atoms. The van der Waals surface area contributed by atoms with E-state index in [4.69, 9.17) is 15.2 Å². The standard InChI is InChI=1S/C24H30N4O4/c1-31-22-8-6-20(7-9-22)28(15-18-2-4-19(5-3-18)23(29)14-25)24(30)27-12-10-26(11-13-27)21-16-32-17-21/h2-9,21H,10-17,25H2,1H3. The van der Waals surface area contributed by atoms with Gasteiger partial charge in [-0.3, -0.25) is 14.6 Å². The summed E-state index contributed by atoms with van der Waals surface area (Å²) in [5, 5.41) is 0. The van der Waals surface area contributed by atoms with Crippen LogP contribution in [-0.2, 0) is 11.3 Å². The molecule has 170 valence electrons. The molecule has 2 aromatic carbocycles. The van der Waals surface area contributed by atoms with Crippen LogP contribution in [0.5, 0.6) is 5.75 Å². The van der Waals surface area contributed by atoms with Crippen molar-refractivity contribution in [2.75, 3.05) is 57.9 Å². The van der Waals surface area contributed by atoms with Crippen LogP contribution in [-0.4, -0.2) is 80.7 Å². The maximum Gasteiger partial charge on any atom is 0.324 e. The maximum atomic E-state index is 13.5. The fourth-order valence-electron chi connectivity index (χ4n) is 4.01. The zero-order valence-electron chi connectivity index (χ0n) is 18.4. The molecule has 2 aromatic rings. The fraction of sp³-hybridized carbons (Fsp3) is 0.417. The van der Waals surface area contributed by atoms with Crippen molar-refractivity contribution in [2.45, 2.75) is 12.6 Å². The van der Waals surface area contributed by atoms with Gasteiger partial charge in [-0.2, -0.15) is 0 Å². The average molecular weight is 439 g/mol. The highest BCUT2D eigenvalue weighted by Crippen LogP contribution is 2.24. The van der Waals surface area contributed by atoms with Gasteiger partial charge in [0.2, 0.25) is 0 Å². The van der Waals surface area contributed by atoms with Gasteiger partial charge >= 0.3 is 6.03 Å². The number of hydrogen-bond donors (Lipinski definition) is 1. The first kappa shape index (κ1) is 22.3. The molecule has 32 heavy (non-hydrogen) atoms. The van der Waals surface area contributed by atoms with Gasteiger partial charge in [0.05, 0.1) is 39.5 Å². The summed E-state index contributed by atoms with van der Waals surface area (Å²) in [6.07, 6.45) is 0. The Morgan fingerprint density at radius 3 is 2.22 bits per heavy atom. The first-order chi connectivity index (χ1) is 15.6. The number of ketones is 1. The Morgan fingerprint density at radius 1 is 1.03 bits per heavy atom. The van der Waals surface area contributed by atoms with Crippen LogP contribution >= 0.6 is 0 Å². The Balaban J connectivity index is 1.50. The number of nitrogens with zero attached hydrogens (tertiary/aromatic N) is 3.